The number of hydrogen-bond donors (Lipinski definition) is 2. The minimum Gasteiger partial charge on any atom is -0.478 e. The second-order valence-corrected chi connectivity index (χ2v) is 4.09. The van der Waals surface area contributed by atoms with E-state index >= 15 is 0 Å². The quantitative estimate of drug-likeness (QED) is 0.877. The van der Waals surface area contributed by atoms with Crippen LogP contribution in [0.5, 0.6) is 0 Å². The molecule has 0 aliphatic carbocycles. The van der Waals surface area contributed by atoms with Gasteiger partial charge in [-0.3, -0.25) is 9.48 Å². The number of rotatable bonds is 4. The van der Waals surface area contributed by atoms with Crippen LogP contribution in [0.1, 0.15) is 26.4 Å². The first-order valence-electron chi connectivity index (χ1n) is 5.78. The summed E-state index contributed by atoms with van der Waals surface area (Å²) < 4.78 is 15.0. The molecule has 2 N–H and O–H groups in total. The zero-order valence-electron chi connectivity index (χ0n) is 10.6. The third kappa shape index (κ3) is 2.82. The van der Waals surface area contributed by atoms with E-state index in [4.69, 9.17) is 5.11 Å². The first-order valence-corrected chi connectivity index (χ1v) is 5.78. The van der Waals surface area contributed by atoms with Crippen molar-refractivity contribution in [3.8, 4) is 0 Å². The molecule has 1 aromatic carbocycles. The maximum absolute atomic E-state index is 13.6. The van der Waals surface area contributed by atoms with E-state index < -0.39 is 11.8 Å². The van der Waals surface area contributed by atoms with E-state index in [2.05, 4.69) is 10.4 Å². The number of aromatic nitrogens is 2. The minimum absolute atomic E-state index is 0.0000749. The molecule has 1 aromatic heterocycles. The highest BCUT2D eigenvalue weighted by Gasteiger charge is 2.11. The highest BCUT2D eigenvalue weighted by Crippen LogP contribution is 2.12. The number of benzene rings is 1. The molecule has 2 rings (SSSR count). The van der Waals surface area contributed by atoms with E-state index in [1.165, 1.54) is 36.1 Å². The summed E-state index contributed by atoms with van der Waals surface area (Å²) in [5.41, 5.74) is 0.402. The lowest BCUT2D eigenvalue weighted by atomic mass is 10.1. The third-order valence-electron chi connectivity index (χ3n) is 2.73. The summed E-state index contributed by atoms with van der Waals surface area (Å²) in [7, 11) is 1.48. The molecule has 0 fully saturated rings. The maximum atomic E-state index is 13.6. The molecular weight excluding hydrogens is 265 g/mol. The molecule has 6 nitrogen and oxygen atoms in total. The number of amides is 1. The van der Waals surface area contributed by atoms with Crippen LogP contribution in [0, 0.1) is 5.82 Å². The highest BCUT2D eigenvalue weighted by atomic mass is 19.1. The van der Waals surface area contributed by atoms with Gasteiger partial charge in [0.1, 0.15) is 11.5 Å². The Hall–Kier alpha value is -2.70. The molecule has 7 heteroatoms. The van der Waals surface area contributed by atoms with Crippen LogP contribution in [0.2, 0.25) is 0 Å². The highest BCUT2D eigenvalue weighted by molar-refractivity contribution is 5.91. The summed E-state index contributed by atoms with van der Waals surface area (Å²) >= 11 is 0. The fraction of sp³-hybridized carbons (Fsp3) is 0.154. The Morgan fingerprint density at radius 2 is 2.15 bits per heavy atom. The second kappa shape index (κ2) is 5.52. The smallest absolute Gasteiger partial charge is 0.335 e. The monoisotopic (exact) mass is 277 g/mol. The lowest BCUT2D eigenvalue weighted by molar-refractivity contribution is 0.0696. The van der Waals surface area contributed by atoms with Crippen molar-refractivity contribution < 1.29 is 19.1 Å². The van der Waals surface area contributed by atoms with Gasteiger partial charge in [-0.1, -0.05) is 0 Å². The van der Waals surface area contributed by atoms with Gasteiger partial charge in [0.05, 0.1) is 12.1 Å². The van der Waals surface area contributed by atoms with Gasteiger partial charge in [-0.15, -0.1) is 0 Å². The van der Waals surface area contributed by atoms with Crippen molar-refractivity contribution in [1.29, 1.82) is 0 Å². The topological polar surface area (TPSA) is 84.2 Å². The predicted molar refractivity (Wildman–Crippen MR) is 68.1 cm³/mol. The lowest BCUT2D eigenvalue weighted by Gasteiger charge is -2.05. The van der Waals surface area contributed by atoms with Gasteiger partial charge >= 0.3 is 5.97 Å². The van der Waals surface area contributed by atoms with Crippen LogP contribution in [0.15, 0.2) is 30.5 Å². The molecule has 0 unspecified atom stereocenters. The number of carboxylic acid groups (broad SMARTS) is 1. The zero-order chi connectivity index (χ0) is 14.7. The molecule has 0 saturated heterocycles. The van der Waals surface area contributed by atoms with E-state index in [0.717, 1.165) is 6.07 Å². The largest absolute Gasteiger partial charge is 0.478 e. The Kier molecular flexibility index (Phi) is 3.79. The summed E-state index contributed by atoms with van der Waals surface area (Å²) in [6, 6.07) is 5.04. The molecular formula is C13H12FN3O3. The normalized spacial score (nSPS) is 10.3. The van der Waals surface area contributed by atoms with Gasteiger partial charge in [0.15, 0.2) is 0 Å². The third-order valence-corrected chi connectivity index (χ3v) is 2.73. The van der Waals surface area contributed by atoms with Crippen molar-refractivity contribution >= 4 is 11.9 Å². The number of carbonyl (C=O) groups excluding carboxylic acids is 1. The fourth-order valence-electron chi connectivity index (χ4n) is 1.70. The van der Waals surface area contributed by atoms with E-state index in [-0.39, 0.29) is 29.3 Å². The van der Waals surface area contributed by atoms with Crippen molar-refractivity contribution in [3.05, 3.63) is 53.1 Å². The first-order chi connectivity index (χ1) is 9.51. The number of nitrogens with one attached hydrogen (secondary N) is 1. The molecule has 1 amide bonds. The molecule has 104 valence electrons. The zero-order valence-corrected chi connectivity index (χ0v) is 10.6. The van der Waals surface area contributed by atoms with Crippen molar-refractivity contribution in [2.24, 2.45) is 0 Å². The van der Waals surface area contributed by atoms with Gasteiger partial charge in [0, 0.05) is 18.8 Å². The first kappa shape index (κ1) is 13.7. The van der Waals surface area contributed by atoms with Crippen molar-refractivity contribution in [2.75, 3.05) is 7.05 Å². The summed E-state index contributed by atoms with van der Waals surface area (Å²) in [4.78, 5) is 22.2. The summed E-state index contributed by atoms with van der Waals surface area (Å²) in [6.45, 7) is 0.0456. The molecule has 0 aliphatic rings. The molecule has 0 spiro atoms. The van der Waals surface area contributed by atoms with Crippen LogP contribution in [0.25, 0.3) is 0 Å². The number of carbonyl (C=O) groups is 2. The van der Waals surface area contributed by atoms with Crippen LogP contribution >= 0.6 is 0 Å². The second-order valence-electron chi connectivity index (χ2n) is 4.09. The average Bonchev–Trinajstić information content (AvgIpc) is 2.88. The molecule has 0 bridgehead atoms. The van der Waals surface area contributed by atoms with Gasteiger partial charge in [-0.2, -0.15) is 5.10 Å². The van der Waals surface area contributed by atoms with Crippen LogP contribution in [-0.4, -0.2) is 33.8 Å². The molecule has 20 heavy (non-hydrogen) atoms. The van der Waals surface area contributed by atoms with Crippen LogP contribution in [-0.2, 0) is 6.54 Å². The Bertz CT molecular complexity index is 667. The van der Waals surface area contributed by atoms with Crippen molar-refractivity contribution in [1.82, 2.24) is 15.1 Å². The van der Waals surface area contributed by atoms with E-state index in [1.54, 1.807) is 0 Å². The van der Waals surface area contributed by atoms with E-state index in [0.29, 0.717) is 0 Å². The maximum Gasteiger partial charge on any atom is 0.335 e. The average molecular weight is 277 g/mol. The molecule has 0 radical (unpaired) electrons. The molecule has 2 aromatic rings. The van der Waals surface area contributed by atoms with Gasteiger partial charge in [0.2, 0.25) is 0 Å². The van der Waals surface area contributed by atoms with Gasteiger partial charge < -0.3 is 10.4 Å². The number of halogens is 1. The van der Waals surface area contributed by atoms with E-state index in [9.17, 15) is 14.0 Å². The van der Waals surface area contributed by atoms with Crippen LogP contribution in [0.4, 0.5) is 4.39 Å². The molecule has 0 atom stereocenters. The number of carboxylic acids is 1. The summed E-state index contributed by atoms with van der Waals surface area (Å²) in [5, 5.41) is 15.3. The molecule has 0 saturated carbocycles. The number of hydrogen-bond acceptors (Lipinski definition) is 3. The number of nitrogens with zero attached hydrogens (tertiary/aromatic N) is 2. The molecule has 1 heterocycles. The Morgan fingerprint density at radius 1 is 1.40 bits per heavy atom. The lowest BCUT2D eigenvalue weighted by Crippen LogP contribution is -2.18. The van der Waals surface area contributed by atoms with Crippen LogP contribution < -0.4 is 5.32 Å². The minimum atomic E-state index is -1.13. The Balaban J connectivity index is 2.25. The van der Waals surface area contributed by atoms with Gasteiger partial charge in [-0.05, 0) is 24.3 Å². The summed E-state index contributed by atoms with van der Waals surface area (Å²) in [6.07, 6.45) is 1.53. The van der Waals surface area contributed by atoms with Crippen molar-refractivity contribution in [2.45, 2.75) is 6.54 Å². The predicted octanol–water partition coefficient (Wildman–Crippen LogP) is 1.13. The van der Waals surface area contributed by atoms with E-state index in [1.807, 2.05) is 0 Å². The van der Waals surface area contributed by atoms with Crippen LogP contribution in [0.3, 0.4) is 0 Å². The fourth-order valence-corrected chi connectivity index (χ4v) is 1.70. The SMILES string of the molecule is CNC(=O)c1ccn(Cc2cc(C(=O)O)ccc2F)n1. The summed E-state index contributed by atoms with van der Waals surface area (Å²) in [5.74, 6) is -1.99. The van der Waals surface area contributed by atoms with Gasteiger partial charge in [-0.25, -0.2) is 9.18 Å². The molecule has 0 aliphatic heterocycles. The Morgan fingerprint density at radius 3 is 2.80 bits per heavy atom. The van der Waals surface area contributed by atoms with Crippen molar-refractivity contribution in [3.63, 3.8) is 0 Å². The Labute approximate surface area is 113 Å². The number of aromatic carboxylic acids is 1. The standard InChI is InChI=1S/C13H12FN3O3/c1-15-12(18)11-4-5-17(16-11)7-9-6-8(13(19)20)2-3-10(9)14/h2-6H,7H2,1H3,(H,15,18)(H,19,20). The van der Waals surface area contributed by atoms with Gasteiger partial charge in [0.25, 0.3) is 5.91 Å².